The number of aryl methyl sites for hydroxylation is 2. The summed E-state index contributed by atoms with van der Waals surface area (Å²) in [7, 11) is 0. The maximum absolute atomic E-state index is 12.7. The van der Waals surface area contributed by atoms with Gasteiger partial charge in [-0.25, -0.2) is 4.98 Å². The molecule has 0 fully saturated rings. The molecule has 0 radical (unpaired) electrons. The summed E-state index contributed by atoms with van der Waals surface area (Å²) in [6.45, 7) is 9.05. The van der Waals surface area contributed by atoms with Gasteiger partial charge in [0.15, 0.2) is 5.13 Å². The number of hydrogen-bond donors (Lipinski definition) is 2. The summed E-state index contributed by atoms with van der Waals surface area (Å²) < 4.78 is 4.93. The Hall–Kier alpha value is -2.41. The fourth-order valence-corrected chi connectivity index (χ4v) is 3.95. The molecule has 2 rings (SSSR count). The van der Waals surface area contributed by atoms with Gasteiger partial charge in [0.2, 0.25) is 0 Å². The normalized spacial score (nSPS) is 10.7. The van der Waals surface area contributed by atoms with Crippen LogP contribution in [0.5, 0.6) is 0 Å². The molecule has 164 valence electrons. The fourth-order valence-electron chi connectivity index (χ4n) is 3.14. The van der Waals surface area contributed by atoms with Gasteiger partial charge in [-0.3, -0.25) is 14.9 Å². The van der Waals surface area contributed by atoms with Crippen molar-refractivity contribution in [1.29, 1.82) is 0 Å². The van der Waals surface area contributed by atoms with E-state index in [9.17, 15) is 9.59 Å². The van der Waals surface area contributed by atoms with Crippen molar-refractivity contribution in [3.05, 3.63) is 39.9 Å². The summed E-state index contributed by atoms with van der Waals surface area (Å²) in [5, 5.41) is 6.99. The monoisotopic (exact) mass is 431 g/mol. The third kappa shape index (κ3) is 7.44. The number of unbranched alkanes of at least 4 members (excludes halogenated alkanes) is 4. The SMILES string of the molecule is CCOC(=O)CCCCCCCNc1cccc(C(=O)Nc2nc(C)c(C)s2)c1C. The van der Waals surface area contributed by atoms with Gasteiger partial charge in [-0.2, -0.15) is 0 Å². The van der Waals surface area contributed by atoms with Crippen molar-refractivity contribution in [2.45, 2.75) is 66.2 Å². The first-order chi connectivity index (χ1) is 14.4. The molecule has 1 aromatic carbocycles. The Morgan fingerprint density at radius 2 is 1.80 bits per heavy atom. The van der Waals surface area contributed by atoms with Crippen molar-refractivity contribution in [3.63, 3.8) is 0 Å². The molecule has 0 aliphatic rings. The van der Waals surface area contributed by atoms with Crippen molar-refractivity contribution in [2.75, 3.05) is 23.8 Å². The van der Waals surface area contributed by atoms with Gasteiger partial charge in [-0.15, -0.1) is 11.3 Å². The molecule has 6 nitrogen and oxygen atoms in total. The van der Waals surface area contributed by atoms with E-state index in [1.165, 1.54) is 11.3 Å². The lowest BCUT2D eigenvalue weighted by atomic mass is 10.1. The molecule has 30 heavy (non-hydrogen) atoms. The molecule has 0 aliphatic heterocycles. The van der Waals surface area contributed by atoms with Crippen LogP contribution in [0.4, 0.5) is 10.8 Å². The maximum Gasteiger partial charge on any atom is 0.305 e. The van der Waals surface area contributed by atoms with Gasteiger partial charge in [0.25, 0.3) is 5.91 Å². The van der Waals surface area contributed by atoms with Gasteiger partial charge in [-0.05, 0) is 58.2 Å². The molecular formula is C23H33N3O3S. The Morgan fingerprint density at radius 3 is 2.50 bits per heavy atom. The summed E-state index contributed by atoms with van der Waals surface area (Å²) in [5.74, 6) is -0.231. The van der Waals surface area contributed by atoms with Crippen LogP contribution < -0.4 is 10.6 Å². The summed E-state index contributed by atoms with van der Waals surface area (Å²) in [5.41, 5.74) is 3.53. The van der Waals surface area contributed by atoms with E-state index in [2.05, 4.69) is 15.6 Å². The Labute approximate surface area is 183 Å². The van der Waals surface area contributed by atoms with Crippen LogP contribution in [-0.2, 0) is 9.53 Å². The lowest BCUT2D eigenvalue weighted by Gasteiger charge is -2.13. The standard InChI is InChI=1S/C23H33N3O3S/c1-5-29-21(27)14-9-7-6-8-10-15-24-20-13-11-12-19(16(20)2)22(28)26-23-25-17(3)18(4)30-23/h11-13,24H,5-10,14-15H2,1-4H3,(H,25,26,28). The molecule has 0 atom stereocenters. The van der Waals surface area contributed by atoms with E-state index in [1.807, 2.05) is 45.9 Å². The number of amides is 1. The van der Waals surface area contributed by atoms with E-state index in [1.54, 1.807) is 0 Å². The highest BCUT2D eigenvalue weighted by Crippen LogP contribution is 2.24. The Bertz CT molecular complexity index is 829. The van der Waals surface area contributed by atoms with Gasteiger partial charge >= 0.3 is 5.97 Å². The highest BCUT2D eigenvalue weighted by atomic mass is 32.1. The first kappa shape index (κ1) is 23.9. The molecule has 0 spiro atoms. The molecule has 1 aromatic heterocycles. The zero-order chi connectivity index (χ0) is 21.9. The molecule has 0 unspecified atom stereocenters. The van der Waals surface area contributed by atoms with E-state index < -0.39 is 0 Å². The average Bonchev–Trinajstić information content (AvgIpc) is 3.02. The smallest absolute Gasteiger partial charge is 0.305 e. The molecule has 7 heteroatoms. The number of thiazole rings is 1. The molecule has 0 saturated heterocycles. The van der Waals surface area contributed by atoms with Crippen LogP contribution >= 0.6 is 11.3 Å². The van der Waals surface area contributed by atoms with Crippen molar-refractivity contribution in [1.82, 2.24) is 4.98 Å². The number of ether oxygens (including phenoxy) is 1. The van der Waals surface area contributed by atoms with Crippen LogP contribution in [0.15, 0.2) is 18.2 Å². The molecule has 2 N–H and O–H groups in total. The predicted molar refractivity (Wildman–Crippen MR) is 124 cm³/mol. The number of aromatic nitrogens is 1. The van der Waals surface area contributed by atoms with Crippen molar-refractivity contribution in [3.8, 4) is 0 Å². The molecule has 1 amide bonds. The molecule has 0 aliphatic carbocycles. The highest BCUT2D eigenvalue weighted by Gasteiger charge is 2.14. The zero-order valence-corrected chi connectivity index (χ0v) is 19.3. The summed E-state index contributed by atoms with van der Waals surface area (Å²) >= 11 is 1.49. The second-order valence-electron chi connectivity index (χ2n) is 7.34. The van der Waals surface area contributed by atoms with E-state index >= 15 is 0 Å². The number of anilines is 2. The third-order valence-electron chi connectivity index (χ3n) is 5.01. The Morgan fingerprint density at radius 1 is 1.07 bits per heavy atom. The van der Waals surface area contributed by atoms with Crippen molar-refractivity contribution >= 4 is 34.0 Å². The largest absolute Gasteiger partial charge is 0.466 e. The van der Waals surface area contributed by atoms with Crippen LogP contribution in [-0.4, -0.2) is 30.0 Å². The zero-order valence-electron chi connectivity index (χ0n) is 18.5. The minimum Gasteiger partial charge on any atom is -0.466 e. The lowest BCUT2D eigenvalue weighted by Crippen LogP contribution is -2.14. The second kappa shape index (κ2) is 12.3. The predicted octanol–water partition coefficient (Wildman–Crippen LogP) is 5.64. The van der Waals surface area contributed by atoms with Gasteiger partial charge in [-0.1, -0.05) is 25.3 Å². The third-order valence-corrected chi connectivity index (χ3v) is 5.99. The topological polar surface area (TPSA) is 80.3 Å². The minimum atomic E-state index is -0.133. The number of nitrogens with one attached hydrogen (secondary N) is 2. The quantitative estimate of drug-likeness (QED) is 0.336. The Balaban J connectivity index is 1.74. The van der Waals surface area contributed by atoms with Crippen LogP contribution in [0.3, 0.4) is 0 Å². The number of rotatable bonds is 12. The van der Waals surface area contributed by atoms with Crippen molar-refractivity contribution in [2.24, 2.45) is 0 Å². The van der Waals surface area contributed by atoms with Crippen LogP contribution in [0.25, 0.3) is 0 Å². The minimum absolute atomic E-state index is 0.0984. The second-order valence-corrected chi connectivity index (χ2v) is 8.55. The fraction of sp³-hybridized carbons (Fsp3) is 0.522. The molecule has 0 saturated carbocycles. The number of hydrogen-bond acceptors (Lipinski definition) is 6. The van der Waals surface area contributed by atoms with Crippen LogP contribution in [0.2, 0.25) is 0 Å². The van der Waals surface area contributed by atoms with Gasteiger partial charge < -0.3 is 10.1 Å². The van der Waals surface area contributed by atoms with Crippen LogP contribution in [0, 0.1) is 20.8 Å². The highest BCUT2D eigenvalue weighted by molar-refractivity contribution is 7.15. The Kier molecular flexibility index (Phi) is 9.80. The first-order valence-corrected chi connectivity index (χ1v) is 11.5. The number of benzene rings is 1. The lowest BCUT2D eigenvalue weighted by molar-refractivity contribution is -0.143. The number of nitrogens with zero attached hydrogens (tertiary/aromatic N) is 1. The summed E-state index contributed by atoms with van der Waals surface area (Å²) in [4.78, 5) is 29.5. The number of esters is 1. The molecule has 2 aromatic rings. The molecule has 0 bridgehead atoms. The molecule has 1 heterocycles. The summed E-state index contributed by atoms with van der Waals surface area (Å²) in [6.07, 6.45) is 5.71. The first-order valence-electron chi connectivity index (χ1n) is 10.7. The summed E-state index contributed by atoms with van der Waals surface area (Å²) in [6, 6.07) is 5.74. The van der Waals surface area contributed by atoms with Gasteiger partial charge in [0.1, 0.15) is 0 Å². The number of carbonyl (C=O) groups excluding carboxylic acids is 2. The maximum atomic E-state index is 12.7. The van der Waals surface area contributed by atoms with E-state index in [-0.39, 0.29) is 11.9 Å². The number of carbonyl (C=O) groups is 2. The van der Waals surface area contributed by atoms with E-state index in [4.69, 9.17) is 4.74 Å². The van der Waals surface area contributed by atoms with Gasteiger partial charge in [0.05, 0.1) is 12.3 Å². The van der Waals surface area contributed by atoms with Crippen LogP contribution in [0.1, 0.15) is 71.9 Å². The van der Waals surface area contributed by atoms with E-state index in [0.717, 1.165) is 60.5 Å². The van der Waals surface area contributed by atoms with E-state index in [0.29, 0.717) is 23.7 Å². The van der Waals surface area contributed by atoms with Crippen molar-refractivity contribution < 1.29 is 14.3 Å². The average molecular weight is 432 g/mol. The van der Waals surface area contributed by atoms with Gasteiger partial charge in [0, 0.05) is 29.1 Å². The molecular weight excluding hydrogens is 398 g/mol.